The monoisotopic (exact) mass is 373 g/mol. The molecule has 1 aliphatic heterocycles. The van der Waals surface area contributed by atoms with Crippen molar-refractivity contribution in [3.63, 3.8) is 0 Å². The molecule has 0 radical (unpaired) electrons. The van der Waals surface area contributed by atoms with Crippen LogP contribution in [-0.2, 0) is 22.4 Å². The molecule has 1 N–H and O–H groups in total. The first-order valence-corrected chi connectivity index (χ1v) is 9.81. The molecule has 0 spiro atoms. The number of hydrogen-bond acceptors (Lipinski definition) is 5. The van der Waals surface area contributed by atoms with Crippen LogP contribution >= 0.6 is 11.8 Å². The number of aliphatic carboxylic acids is 1. The highest BCUT2D eigenvalue weighted by atomic mass is 32.2. The smallest absolute Gasteiger partial charge is 0.305 e. The summed E-state index contributed by atoms with van der Waals surface area (Å²) in [6.07, 6.45) is 4.53. The van der Waals surface area contributed by atoms with E-state index in [1.54, 1.807) is 0 Å². The zero-order valence-corrected chi connectivity index (χ0v) is 15.9. The maximum absolute atomic E-state index is 12.3. The SMILES string of the molecule is CCN1C(=O)C(CC(=O)O)S/C1=N\N=C(/C)c1ccc2c(c1)CCCC2. The second kappa shape index (κ2) is 8.03. The minimum absolute atomic E-state index is 0.202. The van der Waals surface area contributed by atoms with Crippen molar-refractivity contribution in [3.8, 4) is 0 Å². The van der Waals surface area contributed by atoms with Crippen molar-refractivity contribution >= 4 is 34.5 Å². The van der Waals surface area contributed by atoms with E-state index in [0.717, 1.165) is 24.1 Å². The minimum atomic E-state index is -0.984. The summed E-state index contributed by atoms with van der Waals surface area (Å²) in [7, 11) is 0. The average Bonchev–Trinajstić information content (AvgIpc) is 2.93. The first-order valence-electron chi connectivity index (χ1n) is 8.94. The number of aryl methyl sites for hydroxylation is 2. The number of rotatable bonds is 5. The highest BCUT2D eigenvalue weighted by molar-refractivity contribution is 8.15. The number of carboxylic acid groups (broad SMARTS) is 1. The number of nitrogens with zero attached hydrogens (tertiary/aromatic N) is 3. The Hall–Kier alpha value is -2.15. The van der Waals surface area contributed by atoms with E-state index < -0.39 is 11.2 Å². The van der Waals surface area contributed by atoms with Gasteiger partial charge in [-0.3, -0.25) is 14.5 Å². The maximum Gasteiger partial charge on any atom is 0.305 e. The van der Waals surface area contributed by atoms with Crippen molar-refractivity contribution in [2.45, 2.75) is 51.2 Å². The maximum atomic E-state index is 12.3. The Morgan fingerprint density at radius 3 is 2.73 bits per heavy atom. The molecular weight excluding hydrogens is 350 g/mol. The third kappa shape index (κ3) is 3.98. The molecule has 1 heterocycles. The van der Waals surface area contributed by atoms with Crippen LogP contribution in [0.3, 0.4) is 0 Å². The number of fused-ring (bicyclic) bond motifs is 1. The molecule has 1 atom stereocenters. The Bertz CT molecular complexity index is 788. The molecule has 1 saturated heterocycles. The topological polar surface area (TPSA) is 82.3 Å². The summed E-state index contributed by atoms with van der Waals surface area (Å²) in [5.74, 6) is -1.19. The van der Waals surface area contributed by atoms with E-state index in [1.165, 1.54) is 40.6 Å². The Kier molecular flexibility index (Phi) is 5.76. The number of carbonyl (C=O) groups excluding carboxylic acids is 1. The summed E-state index contributed by atoms with van der Waals surface area (Å²) >= 11 is 1.18. The van der Waals surface area contributed by atoms with E-state index in [-0.39, 0.29) is 12.3 Å². The van der Waals surface area contributed by atoms with Crippen LogP contribution in [0.15, 0.2) is 28.4 Å². The lowest BCUT2D eigenvalue weighted by atomic mass is 9.90. The quantitative estimate of drug-likeness (QED) is 0.635. The third-order valence-corrected chi connectivity index (χ3v) is 5.91. The summed E-state index contributed by atoms with van der Waals surface area (Å²) < 4.78 is 0. The lowest BCUT2D eigenvalue weighted by molar-refractivity contribution is -0.139. The molecule has 1 fully saturated rings. The molecular formula is C19H23N3O3S. The first kappa shape index (κ1) is 18.6. The lowest BCUT2D eigenvalue weighted by Gasteiger charge is -2.16. The van der Waals surface area contributed by atoms with Crippen LogP contribution in [0.1, 0.15) is 49.8 Å². The van der Waals surface area contributed by atoms with Crippen molar-refractivity contribution in [3.05, 3.63) is 34.9 Å². The fourth-order valence-electron chi connectivity index (χ4n) is 3.30. The zero-order chi connectivity index (χ0) is 18.7. The van der Waals surface area contributed by atoms with Gasteiger partial charge in [0.05, 0.1) is 12.1 Å². The van der Waals surface area contributed by atoms with Crippen LogP contribution in [0.25, 0.3) is 0 Å². The molecule has 7 heteroatoms. The molecule has 138 valence electrons. The second-order valence-electron chi connectivity index (χ2n) is 6.55. The van der Waals surface area contributed by atoms with Gasteiger partial charge >= 0.3 is 5.97 Å². The van der Waals surface area contributed by atoms with Gasteiger partial charge in [0.2, 0.25) is 5.91 Å². The van der Waals surface area contributed by atoms with E-state index in [1.807, 2.05) is 13.8 Å². The van der Waals surface area contributed by atoms with Gasteiger partial charge in [-0.2, -0.15) is 5.10 Å². The van der Waals surface area contributed by atoms with E-state index >= 15 is 0 Å². The molecule has 1 aromatic rings. The average molecular weight is 373 g/mol. The lowest BCUT2D eigenvalue weighted by Crippen LogP contribution is -2.32. The Balaban J connectivity index is 1.80. The highest BCUT2D eigenvalue weighted by Gasteiger charge is 2.38. The van der Waals surface area contributed by atoms with Gasteiger partial charge in [-0.15, -0.1) is 5.10 Å². The van der Waals surface area contributed by atoms with Crippen LogP contribution in [0, 0.1) is 0 Å². The normalized spacial score (nSPS) is 22.0. The van der Waals surface area contributed by atoms with Gasteiger partial charge in [-0.1, -0.05) is 23.9 Å². The number of amidine groups is 1. The van der Waals surface area contributed by atoms with Gasteiger partial charge < -0.3 is 5.11 Å². The summed E-state index contributed by atoms with van der Waals surface area (Å²) in [6.45, 7) is 4.20. The van der Waals surface area contributed by atoms with E-state index in [0.29, 0.717) is 11.7 Å². The number of carbonyl (C=O) groups is 2. The van der Waals surface area contributed by atoms with Crippen molar-refractivity contribution in [2.75, 3.05) is 6.54 Å². The van der Waals surface area contributed by atoms with E-state index in [4.69, 9.17) is 5.11 Å². The zero-order valence-electron chi connectivity index (χ0n) is 15.1. The molecule has 0 saturated carbocycles. The molecule has 1 aromatic carbocycles. The highest BCUT2D eigenvalue weighted by Crippen LogP contribution is 2.29. The summed E-state index contributed by atoms with van der Waals surface area (Å²) in [5, 5.41) is 17.4. The first-order chi connectivity index (χ1) is 12.5. The Morgan fingerprint density at radius 2 is 2.04 bits per heavy atom. The second-order valence-corrected chi connectivity index (χ2v) is 7.72. The van der Waals surface area contributed by atoms with Crippen molar-refractivity contribution in [1.29, 1.82) is 0 Å². The number of carboxylic acids is 1. The fourth-order valence-corrected chi connectivity index (χ4v) is 4.44. The molecule has 0 bridgehead atoms. The van der Waals surface area contributed by atoms with Gasteiger partial charge in [0.25, 0.3) is 0 Å². The minimum Gasteiger partial charge on any atom is -0.481 e. The van der Waals surface area contributed by atoms with Gasteiger partial charge in [0, 0.05) is 6.54 Å². The molecule has 3 rings (SSSR count). The standard InChI is InChI=1S/C19H23N3O3S/c1-3-22-18(25)16(11-17(23)24)26-19(22)21-20-12(2)14-9-8-13-6-4-5-7-15(13)10-14/h8-10,16H,3-7,11H2,1-2H3,(H,23,24)/b20-12+,21-19-. The summed E-state index contributed by atoms with van der Waals surface area (Å²) in [6, 6.07) is 6.43. The third-order valence-electron chi connectivity index (χ3n) is 4.75. The van der Waals surface area contributed by atoms with Gasteiger partial charge in [0.15, 0.2) is 5.17 Å². The van der Waals surface area contributed by atoms with Gasteiger partial charge in [-0.25, -0.2) is 0 Å². The van der Waals surface area contributed by atoms with Crippen LogP contribution in [0.2, 0.25) is 0 Å². The van der Waals surface area contributed by atoms with Crippen LogP contribution in [-0.4, -0.2) is 44.6 Å². The number of thioether (sulfide) groups is 1. The fraction of sp³-hybridized carbons (Fsp3) is 0.474. The summed E-state index contributed by atoms with van der Waals surface area (Å²) in [5.41, 5.74) is 4.63. The molecule has 1 aliphatic carbocycles. The van der Waals surface area contributed by atoms with E-state index in [9.17, 15) is 9.59 Å². The predicted octanol–water partition coefficient (Wildman–Crippen LogP) is 3.08. The van der Waals surface area contributed by atoms with Crippen molar-refractivity contribution in [1.82, 2.24) is 4.90 Å². The molecule has 26 heavy (non-hydrogen) atoms. The number of benzene rings is 1. The molecule has 6 nitrogen and oxygen atoms in total. The van der Waals surface area contributed by atoms with Crippen LogP contribution in [0.5, 0.6) is 0 Å². The predicted molar refractivity (Wildman–Crippen MR) is 104 cm³/mol. The van der Waals surface area contributed by atoms with Crippen molar-refractivity contribution in [2.24, 2.45) is 10.2 Å². The molecule has 1 amide bonds. The molecule has 2 aliphatic rings. The van der Waals surface area contributed by atoms with Gasteiger partial charge in [-0.05, 0) is 62.3 Å². The largest absolute Gasteiger partial charge is 0.481 e. The Morgan fingerprint density at radius 1 is 1.31 bits per heavy atom. The van der Waals surface area contributed by atoms with Crippen molar-refractivity contribution < 1.29 is 14.7 Å². The van der Waals surface area contributed by atoms with Gasteiger partial charge in [0.1, 0.15) is 5.25 Å². The number of hydrogen-bond donors (Lipinski definition) is 1. The number of amides is 1. The van der Waals surface area contributed by atoms with Crippen LogP contribution in [0.4, 0.5) is 0 Å². The molecule has 0 aromatic heterocycles. The Labute approximate surface area is 157 Å². The van der Waals surface area contributed by atoms with Crippen LogP contribution < -0.4 is 0 Å². The van der Waals surface area contributed by atoms with E-state index in [2.05, 4.69) is 28.4 Å². The molecule has 1 unspecified atom stereocenters. The summed E-state index contributed by atoms with van der Waals surface area (Å²) in [4.78, 5) is 24.7.